The fourth-order valence-corrected chi connectivity index (χ4v) is 4.42. The van der Waals surface area contributed by atoms with Crippen molar-refractivity contribution in [3.63, 3.8) is 0 Å². The van der Waals surface area contributed by atoms with Gasteiger partial charge in [-0.2, -0.15) is 0 Å². The van der Waals surface area contributed by atoms with E-state index < -0.39 is 0 Å². The fraction of sp³-hybridized carbons (Fsp3) is 0.227. The van der Waals surface area contributed by atoms with Crippen LogP contribution in [0.4, 0.5) is 11.4 Å². The molecular weight excluding hydrogens is 370 g/mol. The molecule has 2 heterocycles. The van der Waals surface area contributed by atoms with E-state index in [0.717, 1.165) is 33.9 Å². The Balaban J connectivity index is 1.69. The number of benzene rings is 2. The van der Waals surface area contributed by atoms with Gasteiger partial charge in [-0.1, -0.05) is 36.4 Å². The maximum absolute atomic E-state index is 13.3. The summed E-state index contributed by atoms with van der Waals surface area (Å²) < 4.78 is 0. The smallest absolute Gasteiger partial charge is 0.277 e. The largest absolute Gasteiger partial charge is 0.311 e. The molecule has 2 aromatic carbocycles. The summed E-state index contributed by atoms with van der Waals surface area (Å²) in [5.41, 5.74) is 4.15. The van der Waals surface area contributed by atoms with E-state index in [4.69, 9.17) is 0 Å². The van der Waals surface area contributed by atoms with Gasteiger partial charge >= 0.3 is 0 Å². The van der Waals surface area contributed by atoms with E-state index in [0.29, 0.717) is 18.8 Å². The Morgan fingerprint density at radius 3 is 2.32 bits per heavy atom. The molecule has 1 aliphatic rings. The molecule has 0 saturated heterocycles. The zero-order valence-corrected chi connectivity index (χ0v) is 16.7. The molecule has 0 atom stereocenters. The first-order valence-electron chi connectivity index (χ1n) is 9.27. The maximum atomic E-state index is 13.3. The molecule has 0 bridgehead atoms. The van der Waals surface area contributed by atoms with Crippen molar-refractivity contribution in [3.8, 4) is 10.6 Å². The second-order valence-corrected chi connectivity index (χ2v) is 7.68. The summed E-state index contributed by atoms with van der Waals surface area (Å²) in [4.78, 5) is 33.5. The second-order valence-electron chi connectivity index (χ2n) is 6.82. The topological polar surface area (TPSA) is 53.5 Å². The number of fused-ring (bicyclic) bond motifs is 1. The molecule has 0 saturated carbocycles. The summed E-state index contributed by atoms with van der Waals surface area (Å²) in [6.07, 6.45) is 0.717. The van der Waals surface area contributed by atoms with E-state index in [9.17, 15) is 9.59 Å². The van der Waals surface area contributed by atoms with Gasteiger partial charge in [0.2, 0.25) is 5.91 Å². The standard InChI is InChI=1S/C22H21N3O2S/c1-15-8-3-4-9-17(15)21-23-18(14-28-21)22(27)25-13-7-12-24(16(2)26)19-10-5-6-11-20(19)25/h3-6,8-11,14H,7,12-13H2,1-2H3. The molecule has 0 radical (unpaired) electrons. The van der Waals surface area contributed by atoms with Gasteiger partial charge in [0.05, 0.1) is 11.4 Å². The zero-order chi connectivity index (χ0) is 19.7. The lowest BCUT2D eigenvalue weighted by atomic mass is 10.1. The van der Waals surface area contributed by atoms with Crippen molar-refractivity contribution in [2.75, 3.05) is 22.9 Å². The average Bonchev–Trinajstić information content (AvgIpc) is 3.09. The van der Waals surface area contributed by atoms with Gasteiger partial charge < -0.3 is 9.80 Å². The quantitative estimate of drug-likeness (QED) is 0.645. The van der Waals surface area contributed by atoms with Crippen LogP contribution < -0.4 is 9.80 Å². The summed E-state index contributed by atoms with van der Waals surface area (Å²) in [5, 5.41) is 2.66. The monoisotopic (exact) mass is 391 g/mol. The Bertz CT molecular complexity index is 1040. The average molecular weight is 391 g/mol. The van der Waals surface area contributed by atoms with Crippen LogP contribution in [0.1, 0.15) is 29.4 Å². The number of aromatic nitrogens is 1. The van der Waals surface area contributed by atoms with Crippen LogP contribution >= 0.6 is 11.3 Å². The molecule has 0 aliphatic carbocycles. The highest BCUT2D eigenvalue weighted by molar-refractivity contribution is 7.13. The van der Waals surface area contributed by atoms with E-state index >= 15 is 0 Å². The van der Waals surface area contributed by atoms with Crippen molar-refractivity contribution in [1.29, 1.82) is 0 Å². The number of rotatable bonds is 2. The summed E-state index contributed by atoms with van der Waals surface area (Å²) in [6, 6.07) is 15.6. The number of carbonyl (C=O) groups excluding carboxylic acids is 2. The van der Waals surface area contributed by atoms with Crippen LogP contribution in [0.15, 0.2) is 53.9 Å². The molecule has 2 amide bonds. The van der Waals surface area contributed by atoms with Gasteiger partial charge in [-0.3, -0.25) is 9.59 Å². The van der Waals surface area contributed by atoms with Crippen LogP contribution in [0.5, 0.6) is 0 Å². The number of thiazole rings is 1. The Hall–Kier alpha value is -2.99. The first-order chi connectivity index (χ1) is 13.6. The predicted octanol–water partition coefficient (Wildman–Crippen LogP) is 4.52. The highest BCUT2D eigenvalue weighted by Crippen LogP contribution is 2.34. The van der Waals surface area contributed by atoms with Crippen molar-refractivity contribution in [3.05, 3.63) is 65.2 Å². The Morgan fingerprint density at radius 2 is 1.61 bits per heavy atom. The third kappa shape index (κ3) is 3.31. The minimum Gasteiger partial charge on any atom is -0.311 e. The Labute approximate surface area is 168 Å². The third-order valence-electron chi connectivity index (χ3n) is 4.95. The van der Waals surface area contributed by atoms with E-state index in [1.165, 1.54) is 11.3 Å². The first kappa shape index (κ1) is 18.4. The van der Waals surface area contributed by atoms with Gasteiger partial charge in [-0.25, -0.2) is 4.98 Å². The van der Waals surface area contributed by atoms with Gasteiger partial charge in [-0.15, -0.1) is 11.3 Å². The first-order valence-corrected chi connectivity index (χ1v) is 10.1. The third-order valence-corrected chi connectivity index (χ3v) is 5.83. The SMILES string of the molecule is CC(=O)N1CCCN(C(=O)c2csc(-c3ccccc3C)n2)c2ccccc21. The van der Waals surface area contributed by atoms with Crippen LogP contribution in [-0.2, 0) is 4.79 Å². The summed E-state index contributed by atoms with van der Waals surface area (Å²) in [7, 11) is 0. The number of carbonyl (C=O) groups is 2. The van der Waals surface area contributed by atoms with E-state index in [2.05, 4.69) is 4.98 Å². The van der Waals surface area contributed by atoms with Crippen molar-refractivity contribution in [1.82, 2.24) is 4.98 Å². The highest BCUT2D eigenvalue weighted by Gasteiger charge is 2.28. The number of nitrogens with zero attached hydrogens (tertiary/aromatic N) is 3. The number of hydrogen-bond donors (Lipinski definition) is 0. The van der Waals surface area contributed by atoms with Gasteiger partial charge in [0.15, 0.2) is 0 Å². The molecule has 142 valence electrons. The normalized spacial score (nSPS) is 13.8. The van der Waals surface area contributed by atoms with Gasteiger partial charge in [-0.05, 0) is 31.0 Å². The molecule has 0 spiro atoms. The van der Waals surface area contributed by atoms with Crippen LogP contribution in [0.2, 0.25) is 0 Å². The maximum Gasteiger partial charge on any atom is 0.277 e. The number of anilines is 2. The predicted molar refractivity (Wildman–Crippen MR) is 113 cm³/mol. The molecule has 4 rings (SSSR count). The summed E-state index contributed by atoms with van der Waals surface area (Å²) in [5.74, 6) is -0.147. The minimum absolute atomic E-state index is 0.0164. The van der Waals surface area contributed by atoms with E-state index in [1.807, 2.05) is 60.8 Å². The highest BCUT2D eigenvalue weighted by atomic mass is 32.1. The lowest BCUT2D eigenvalue weighted by Crippen LogP contribution is -2.31. The minimum atomic E-state index is -0.131. The molecular formula is C22H21N3O2S. The zero-order valence-electron chi connectivity index (χ0n) is 15.9. The molecule has 1 aliphatic heterocycles. The van der Waals surface area contributed by atoms with Crippen molar-refractivity contribution < 1.29 is 9.59 Å². The molecule has 0 fully saturated rings. The van der Waals surface area contributed by atoms with Crippen molar-refractivity contribution >= 4 is 34.5 Å². The van der Waals surface area contributed by atoms with Gasteiger partial charge in [0.1, 0.15) is 10.7 Å². The molecule has 3 aromatic rings. The number of para-hydroxylation sites is 2. The number of amides is 2. The van der Waals surface area contributed by atoms with Crippen molar-refractivity contribution in [2.45, 2.75) is 20.3 Å². The molecule has 1 aromatic heterocycles. The van der Waals surface area contributed by atoms with Crippen molar-refractivity contribution in [2.24, 2.45) is 0 Å². The Kier molecular flexibility index (Phi) is 4.96. The van der Waals surface area contributed by atoms with Gasteiger partial charge in [0, 0.05) is 31.0 Å². The molecule has 5 nitrogen and oxygen atoms in total. The Morgan fingerprint density at radius 1 is 0.964 bits per heavy atom. The van der Waals surface area contributed by atoms with Gasteiger partial charge in [0.25, 0.3) is 5.91 Å². The molecule has 6 heteroatoms. The second kappa shape index (κ2) is 7.56. The van der Waals surface area contributed by atoms with Crippen LogP contribution in [0.3, 0.4) is 0 Å². The number of aryl methyl sites for hydroxylation is 1. The lowest BCUT2D eigenvalue weighted by molar-refractivity contribution is -0.116. The molecule has 28 heavy (non-hydrogen) atoms. The van der Waals surface area contributed by atoms with Crippen LogP contribution in [0, 0.1) is 6.92 Å². The summed E-state index contributed by atoms with van der Waals surface area (Å²) in [6.45, 7) is 4.75. The van der Waals surface area contributed by atoms with Crippen LogP contribution in [-0.4, -0.2) is 29.9 Å². The molecule has 0 N–H and O–H groups in total. The van der Waals surface area contributed by atoms with Crippen LogP contribution in [0.25, 0.3) is 10.6 Å². The fourth-order valence-electron chi connectivity index (χ4n) is 3.53. The van der Waals surface area contributed by atoms with E-state index in [1.54, 1.807) is 16.7 Å². The van der Waals surface area contributed by atoms with E-state index in [-0.39, 0.29) is 11.8 Å². The lowest BCUT2D eigenvalue weighted by Gasteiger charge is -2.24. The summed E-state index contributed by atoms with van der Waals surface area (Å²) >= 11 is 1.48. The molecule has 0 unspecified atom stereocenters. The number of hydrogen-bond acceptors (Lipinski definition) is 4.